The molecule has 14 nitrogen and oxygen atoms in total. The smallest absolute Gasteiger partial charge is 0.336 e. The number of carbonyl (C=O) groups excluding carboxylic acids is 1. The molecule has 3 saturated heterocycles. The Morgan fingerprint density at radius 1 is 0.694 bits per heavy atom. The zero-order valence-electron chi connectivity index (χ0n) is 36.7. The summed E-state index contributed by atoms with van der Waals surface area (Å²) in [5, 5.41) is 67.8. The lowest BCUT2D eigenvalue weighted by Crippen LogP contribution is -2.67. The Kier molecular flexibility index (Phi) is 12.4. The van der Waals surface area contributed by atoms with E-state index in [-0.39, 0.29) is 48.5 Å². The van der Waals surface area contributed by atoms with Crippen LogP contribution in [0.1, 0.15) is 111 Å². The molecule has 4 heterocycles. The van der Waals surface area contributed by atoms with Crippen molar-refractivity contribution in [3.8, 4) is 0 Å². The lowest BCUT2D eigenvalue weighted by molar-refractivity contribution is -0.336. The molecule has 4 aliphatic carbocycles. The molecule has 9 rings (SSSR count). The van der Waals surface area contributed by atoms with E-state index < -0.39 is 96.9 Å². The first-order valence-corrected chi connectivity index (χ1v) is 23.2. The highest BCUT2D eigenvalue weighted by Crippen LogP contribution is 2.70. The summed E-state index contributed by atoms with van der Waals surface area (Å²) in [6, 6.07) is 9.75. The minimum Gasteiger partial charge on any atom is -0.423 e. The van der Waals surface area contributed by atoms with E-state index in [2.05, 4.69) is 6.92 Å². The van der Waals surface area contributed by atoms with E-state index in [1.165, 1.54) is 0 Å². The molecule has 344 valence electrons. The standard InChI is InChI=1S/C48H68O14/c1-24-43(54)34(49)21-41(56-24)61-45-26(3)58-42(23-36(45)51)62-44-25(2)57-40(22-35(44)50)59-29-13-15-46(4)28(18-29)11-12-32-33(46)20-38(52)47(5)31(14-16-48(32,47)55)30-19-39(53)60-37(30)17-27-9-7-6-8-10-27/h6-10,17,19,24-26,28-29,31-36,38,40-45,49-52,54-55H,11-16,18,20-23H2,1-5H3/b37-17+/t24-,25-,26-,28-,29+,31-,32-,33+,34+,35+,36+,38-,40+,41+,42+,43-,44-,45-,46+,47+,48+/m1/s1. The molecule has 21 atom stereocenters. The number of cyclic esters (lactones) is 1. The Bertz CT molecular complexity index is 1810. The summed E-state index contributed by atoms with van der Waals surface area (Å²) in [6.07, 6.45) is -0.177. The Balaban J connectivity index is 0.793. The van der Waals surface area contributed by atoms with Crippen molar-refractivity contribution >= 4 is 12.0 Å². The van der Waals surface area contributed by atoms with Crippen LogP contribution in [0.3, 0.4) is 0 Å². The third-order valence-electron chi connectivity index (χ3n) is 17.1. The number of hydrogen-bond donors (Lipinski definition) is 6. The highest BCUT2D eigenvalue weighted by atomic mass is 16.7. The minimum atomic E-state index is -1.10. The van der Waals surface area contributed by atoms with Crippen LogP contribution in [-0.4, -0.2) is 128 Å². The van der Waals surface area contributed by atoms with Crippen LogP contribution in [0.2, 0.25) is 0 Å². The maximum Gasteiger partial charge on any atom is 0.336 e. The van der Waals surface area contributed by atoms with Crippen LogP contribution in [0.15, 0.2) is 47.7 Å². The van der Waals surface area contributed by atoms with Gasteiger partial charge in [-0.15, -0.1) is 0 Å². The predicted molar refractivity (Wildman–Crippen MR) is 222 cm³/mol. The molecule has 1 aromatic carbocycles. The maximum atomic E-state index is 12.9. The number of aliphatic hydroxyl groups is 6. The van der Waals surface area contributed by atoms with E-state index >= 15 is 0 Å². The summed E-state index contributed by atoms with van der Waals surface area (Å²) >= 11 is 0. The molecule has 0 radical (unpaired) electrons. The third kappa shape index (κ3) is 7.85. The van der Waals surface area contributed by atoms with Crippen molar-refractivity contribution in [3.05, 3.63) is 53.3 Å². The van der Waals surface area contributed by atoms with Gasteiger partial charge >= 0.3 is 5.97 Å². The average molecular weight is 869 g/mol. The molecule has 0 bridgehead atoms. The van der Waals surface area contributed by atoms with Crippen LogP contribution in [0.5, 0.6) is 0 Å². The van der Waals surface area contributed by atoms with E-state index in [9.17, 15) is 35.4 Å². The van der Waals surface area contributed by atoms with Gasteiger partial charge in [0.25, 0.3) is 0 Å². The number of fused-ring (bicyclic) bond motifs is 5. The molecule has 4 saturated carbocycles. The number of rotatable bonds is 8. The molecule has 0 amide bonds. The molecule has 4 aliphatic heterocycles. The maximum absolute atomic E-state index is 12.9. The van der Waals surface area contributed by atoms with E-state index in [0.29, 0.717) is 30.9 Å². The van der Waals surface area contributed by atoms with Gasteiger partial charge in [-0.1, -0.05) is 44.2 Å². The van der Waals surface area contributed by atoms with Crippen LogP contribution >= 0.6 is 0 Å². The van der Waals surface area contributed by atoms with E-state index in [1.54, 1.807) is 19.9 Å². The van der Waals surface area contributed by atoms with Crippen LogP contribution in [0, 0.1) is 34.5 Å². The summed E-state index contributed by atoms with van der Waals surface area (Å²) in [6.45, 7) is 9.65. The number of aliphatic hydroxyl groups excluding tert-OH is 5. The molecule has 1 aromatic rings. The SMILES string of the molecule is C[C@H]1O[C@@H](O[C@H]2[C@@H](O)C[C@H](O[C@H]3[C@@H](O)C[C@H](O[C@H]4CC[C@@]5(C)[C@H](CC[C@@H]6[C@@H]5C[C@@H](O)[C@]5(C)[C@@H](C7=CC(=O)O/C7=C/c7ccccc7)CC[C@]65O)C4)O[C@@H]3C)O[C@@H]2C)C[C@H](O)[C@@H]1O. The van der Waals surface area contributed by atoms with Gasteiger partial charge in [-0.2, -0.15) is 0 Å². The number of allylic oxidation sites excluding steroid dienone is 1. The largest absolute Gasteiger partial charge is 0.423 e. The summed E-state index contributed by atoms with van der Waals surface area (Å²) in [5.74, 6) is 0.347. The zero-order chi connectivity index (χ0) is 43.9. The van der Waals surface area contributed by atoms with Crippen LogP contribution in [-0.2, 0) is 38.0 Å². The molecule has 14 heteroatoms. The van der Waals surface area contributed by atoms with Gasteiger partial charge < -0.3 is 63.8 Å². The van der Waals surface area contributed by atoms with Gasteiger partial charge in [-0.05, 0) is 113 Å². The fourth-order valence-electron chi connectivity index (χ4n) is 13.6. The van der Waals surface area contributed by atoms with Crippen molar-refractivity contribution in [1.29, 1.82) is 0 Å². The Morgan fingerprint density at radius 2 is 1.31 bits per heavy atom. The van der Waals surface area contributed by atoms with Gasteiger partial charge in [-0.3, -0.25) is 0 Å². The fraction of sp³-hybridized carbons (Fsp3) is 0.771. The van der Waals surface area contributed by atoms with Crippen molar-refractivity contribution < 1.29 is 68.6 Å². The second-order valence-electron chi connectivity index (χ2n) is 20.4. The molecule has 62 heavy (non-hydrogen) atoms. The molecule has 8 aliphatic rings. The second-order valence-corrected chi connectivity index (χ2v) is 20.4. The topological polar surface area (TPSA) is 203 Å². The highest BCUT2D eigenvalue weighted by Gasteiger charge is 2.71. The lowest BCUT2D eigenvalue weighted by atomic mass is 9.42. The average Bonchev–Trinajstić information content (AvgIpc) is 3.72. The van der Waals surface area contributed by atoms with Gasteiger partial charge in [-0.25, -0.2) is 4.79 Å². The summed E-state index contributed by atoms with van der Waals surface area (Å²) in [4.78, 5) is 12.7. The predicted octanol–water partition coefficient (Wildman–Crippen LogP) is 4.26. The molecule has 0 unspecified atom stereocenters. The lowest BCUT2D eigenvalue weighted by Gasteiger charge is -2.65. The Morgan fingerprint density at radius 3 is 1.94 bits per heavy atom. The number of hydrogen-bond acceptors (Lipinski definition) is 14. The van der Waals surface area contributed by atoms with E-state index in [1.807, 2.05) is 50.3 Å². The van der Waals surface area contributed by atoms with Crippen molar-refractivity contribution in [2.75, 3.05) is 0 Å². The highest BCUT2D eigenvalue weighted by molar-refractivity contribution is 5.90. The monoisotopic (exact) mass is 868 g/mol. The minimum absolute atomic E-state index is 0.0174. The van der Waals surface area contributed by atoms with Crippen LogP contribution in [0.4, 0.5) is 0 Å². The molecular weight excluding hydrogens is 801 g/mol. The van der Waals surface area contributed by atoms with Crippen LogP contribution < -0.4 is 0 Å². The number of carbonyl (C=O) groups is 1. The third-order valence-corrected chi connectivity index (χ3v) is 17.1. The van der Waals surface area contributed by atoms with Gasteiger partial charge in [0, 0.05) is 36.3 Å². The van der Waals surface area contributed by atoms with Gasteiger partial charge in [0.15, 0.2) is 18.9 Å². The molecule has 0 spiro atoms. The first-order chi connectivity index (χ1) is 29.5. The van der Waals surface area contributed by atoms with E-state index in [0.717, 1.165) is 43.2 Å². The Hall–Kier alpha value is -2.31. The number of ether oxygens (including phenoxy) is 7. The summed E-state index contributed by atoms with van der Waals surface area (Å²) in [5.41, 5.74) is -0.344. The van der Waals surface area contributed by atoms with Crippen molar-refractivity contribution in [3.63, 3.8) is 0 Å². The summed E-state index contributed by atoms with van der Waals surface area (Å²) < 4.78 is 42.7. The number of esters is 1. The fourth-order valence-corrected chi connectivity index (χ4v) is 13.6. The molecular formula is C48H68O14. The van der Waals surface area contributed by atoms with Crippen molar-refractivity contribution in [2.45, 2.75) is 197 Å². The van der Waals surface area contributed by atoms with Crippen molar-refractivity contribution in [2.24, 2.45) is 34.5 Å². The van der Waals surface area contributed by atoms with Gasteiger partial charge in [0.2, 0.25) is 0 Å². The molecule has 6 N–H and O–H groups in total. The first kappa shape index (κ1) is 44.9. The van der Waals surface area contributed by atoms with Crippen LogP contribution in [0.25, 0.3) is 6.08 Å². The first-order valence-electron chi connectivity index (χ1n) is 23.2. The van der Waals surface area contributed by atoms with E-state index in [4.69, 9.17) is 33.2 Å². The van der Waals surface area contributed by atoms with Gasteiger partial charge in [0.1, 0.15) is 24.1 Å². The quantitative estimate of drug-likeness (QED) is 0.160. The van der Waals surface area contributed by atoms with Crippen molar-refractivity contribution in [1.82, 2.24) is 0 Å². The molecule has 0 aromatic heterocycles. The Labute approximate surface area is 364 Å². The second kappa shape index (κ2) is 17.2. The zero-order valence-corrected chi connectivity index (χ0v) is 36.7. The molecule has 7 fully saturated rings. The van der Waals surface area contributed by atoms with Gasteiger partial charge in [0.05, 0.1) is 54.4 Å². The normalized spacial score (nSPS) is 51.2. The number of benzene rings is 1. The summed E-state index contributed by atoms with van der Waals surface area (Å²) in [7, 11) is 0.